The van der Waals surface area contributed by atoms with Crippen molar-refractivity contribution >= 4 is 40.3 Å². The smallest absolute Gasteiger partial charge is 0.379 e. The van der Waals surface area contributed by atoms with Crippen LogP contribution in [0.5, 0.6) is 0 Å². The second kappa shape index (κ2) is 27.6. The molecule has 0 bridgehead atoms. The summed E-state index contributed by atoms with van der Waals surface area (Å²) in [5, 5.41) is 9.36. The van der Waals surface area contributed by atoms with Crippen LogP contribution < -0.4 is 16.0 Å². The molecule has 1 saturated carbocycles. The summed E-state index contributed by atoms with van der Waals surface area (Å²) in [5.41, 5.74) is 0.334. The number of carbonyl (C=O) groups is 4. The number of benzene rings is 1. The maximum atomic E-state index is 13.9. The highest BCUT2D eigenvalue weighted by atomic mass is 19.4. The van der Waals surface area contributed by atoms with Crippen LogP contribution in [0.25, 0.3) is 10.9 Å². The van der Waals surface area contributed by atoms with E-state index in [1.54, 1.807) is 35.3 Å². The van der Waals surface area contributed by atoms with Gasteiger partial charge in [-0.2, -0.15) is 13.2 Å². The summed E-state index contributed by atoms with van der Waals surface area (Å²) in [7, 11) is 3.77. The number of hydrogen-bond acceptors (Lipinski definition) is 15. The molecule has 4 amide bonds. The number of carbonyl (C=O) groups excluding carboxylic acids is 4. The van der Waals surface area contributed by atoms with Crippen LogP contribution in [0.4, 0.5) is 19.0 Å². The number of pyridine rings is 1. The summed E-state index contributed by atoms with van der Waals surface area (Å²) >= 11 is 0. The molecule has 6 atom stereocenters. The molecule has 2 saturated heterocycles. The molecule has 22 heteroatoms. The Morgan fingerprint density at radius 2 is 1.51 bits per heavy atom. The lowest BCUT2D eigenvalue weighted by Gasteiger charge is -2.44. The van der Waals surface area contributed by atoms with Crippen molar-refractivity contribution in [2.24, 2.45) is 5.92 Å². The Bertz CT molecular complexity index is 2160. The summed E-state index contributed by atoms with van der Waals surface area (Å²) in [5.74, 6) is -0.957. The first-order valence-electron chi connectivity index (χ1n) is 24.5. The fourth-order valence-corrected chi connectivity index (χ4v) is 9.26. The van der Waals surface area contributed by atoms with Crippen LogP contribution in [-0.2, 0) is 53.8 Å². The molecule has 1 unspecified atom stereocenters. The van der Waals surface area contributed by atoms with Crippen LogP contribution in [-0.4, -0.2) is 190 Å². The SMILES string of the molecule is CC(C)N(C)[C@@H]1CCC(N2CC[C@H](Nc3ncnc4ccc(C(F)(F)F)cc34)C2=O)[C@H](NC(=O)CCOCCOCCOCCOCCOCCOCCNC(=O)[C@H]2CC(=O)N(C)[C@@H]2c2cccnc2)C1. The quantitative estimate of drug-likeness (QED) is 0.0850. The lowest BCUT2D eigenvalue weighted by atomic mass is 9.84. The Labute approximate surface area is 413 Å². The molecule has 2 aromatic heterocycles. The standard InChI is InChI=1S/C49H70F3N9O10/c1-33(2)59(3)36-8-10-42(61-15-11-40(48(61)65)58-46-37-28-35(49(50,51)52)7-9-39(37)55-32-56-46)41(29-36)57-43(62)12-16-66-18-20-68-22-24-70-26-27-71-25-23-69-21-19-67-17-14-54-47(64)38-30-44(63)60(4)45(38)34-6-5-13-53-31-34/h5-7,9,13,28,31-33,36,38,40-42,45H,8,10-12,14-27,29-30H2,1-4H3,(H,54,64)(H,57,62)(H,55,56,58)/t36-,38+,40+,41-,42?,45-/m1/s1. The minimum absolute atomic E-state index is 0.0763. The molecule has 0 radical (unpaired) electrons. The van der Waals surface area contributed by atoms with Gasteiger partial charge in [-0.15, -0.1) is 0 Å². The fourth-order valence-electron chi connectivity index (χ4n) is 9.26. The number of fused-ring (bicyclic) bond motifs is 1. The lowest BCUT2D eigenvalue weighted by molar-refractivity contribution is -0.137. The van der Waals surface area contributed by atoms with Crippen molar-refractivity contribution < 1.29 is 60.8 Å². The minimum Gasteiger partial charge on any atom is -0.379 e. The van der Waals surface area contributed by atoms with E-state index in [-0.39, 0.29) is 78.4 Å². The third-order valence-corrected chi connectivity index (χ3v) is 13.3. The van der Waals surface area contributed by atoms with Crippen molar-refractivity contribution in [3.05, 3.63) is 60.2 Å². The van der Waals surface area contributed by atoms with Gasteiger partial charge in [-0.25, -0.2) is 9.97 Å². The highest BCUT2D eigenvalue weighted by molar-refractivity contribution is 5.93. The number of likely N-dealkylation sites (tertiary alicyclic amines) is 2. The van der Waals surface area contributed by atoms with Crippen molar-refractivity contribution in [1.29, 1.82) is 0 Å². The Morgan fingerprint density at radius 3 is 2.13 bits per heavy atom. The van der Waals surface area contributed by atoms with Gasteiger partial charge in [-0.05, 0) is 76.4 Å². The second-order valence-corrected chi connectivity index (χ2v) is 18.2. The van der Waals surface area contributed by atoms with Crippen molar-refractivity contribution in [3.8, 4) is 0 Å². The molecule has 3 aliphatic rings. The van der Waals surface area contributed by atoms with E-state index in [4.69, 9.17) is 28.4 Å². The van der Waals surface area contributed by atoms with Crippen LogP contribution in [0.1, 0.15) is 69.5 Å². The van der Waals surface area contributed by atoms with Crippen molar-refractivity contribution in [2.75, 3.05) is 112 Å². The third-order valence-electron chi connectivity index (χ3n) is 13.3. The first-order valence-corrected chi connectivity index (χ1v) is 24.5. The molecule has 3 N–H and O–H groups in total. The maximum absolute atomic E-state index is 13.9. The van der Waals surface area contributed by atoms with Gasteiger partial charge in [-0.1, -0.05) is 6.07 Å². The average Bonchev–Trinajstić information content (AvgIpc) is 3.87. The Balaban J connectivity index is 0.774. The van der Waals surface area contributed by atoms with Crippen molar-refractivity contribution in [1.82, 2.24) is 40.3 Å². The Kier molecular flexibility index (Phi) is 21.5. The van der Waals surface area contributed by atoms with E-state index in [1.165, 1.54) is 12.4 Å². The van der Waals surface area contributed by atoms with Gasteiger partial charge in [0.25, 0.3) is 0 Å². The van der Waals surface area contributed by atoms with E-state index < -0.39 is 23.7 Å². The number of hydrogen-bond donors (Lipinski definition) is 3. The van der Waals surface area contributed by atoms with Gasteiger partial charge in [0.2, 0.25) is 23.6 Å². The zero-order valence-electron chi connectivity index (χ0n) is 41.2. The molecule has 6 rings (SSSR count). The first-order chi connectivity index (χ1) is 34.2. The molecule has 4 heterocycles. The van der Waals surface area contributed by atoms with Gasteiger partial charge in [0, 0.05) is 62.8 Å². The number of nitrogens with zero attached hydrogens (tertiary/aromatic N) is 6. The number of aromatic nitrogens is 3. The monoisotopic (exact) mass is 1000 g/mol. The Hall–Kier alpha value is -5.10. The normalized spacial score (nSPS) is 21.8. The van der Waals surface area contributed by atoms with E-state index in [0.717, 1.165) is 24.1 Å². The van der Waals surface area contributed by atoms with Gasteiger partial charge in [0.05, 0.1) is 114 Å². The zero-order chi connectivity index (χ0) is 50.8. The highest BCUT2D eigenvalue weighted by Crippen LogP contribution is 2.37. The number of ether oxygens (including phenoxy) is 6. The van der Waals surface area contributed by atoms with Gasteiger partial charge >= 0.3 is 6.18 Å². The van der Waals surface area contributed by atoms with Crippen molar-refractivity contribution in [3.63, 3.8) is 0 Å². The van der Waals surface area contributed by atoms with E-state index in [9.17, 15) is 32.3 Å². The number of nitrogens with one attached hydrogen (secondary N) is 3. The number of rotatable bonds is 29. The molecule has 3 aromatic rings. The van der Waals surface area contributed by atoms with Gasteiger partial charge < -0.3 is 59.1 Å². The van der Waals surface area contributed by atoms with E-state index in [1.807, 2.05) is 6.07 Å². The zero-order valence-corrected chi connectivity index (χ0v) is 41.2. The van der Waals surface area contributed by atoms with Gasteiger partial charge in [0.15, 0.2) is 0 Å². The van der Waals surface area contributed by atoms with Crippen LogP contribution in [0.2, 0.25) is 0 Å². The molecule has 3 fully saturated rings. The topological polar surface area (TPSA) is 208 Å². The predicted molar refractivity (Wildman–Crippen MR) is 255 cm³/mol. The van der Waals surface area contributed by atoms with Crippen LogP contribution in [0.3, 0.4) is 0 Å². The summed E-state index contributed by atoms with van der Waals surface area (Å²) in [6.07, 6.45) is 2.95. The molecule has 19 nitrogen and oxygen atoms in total. The Morgan fingerprint density at radius 1 is 0.859 bits per heavy atom. The predicted octanol–water partition coefficient (Wildman–Crippen LogP) is 3.63. The number of halogens is 3. The number of amides is 4. The summed E-state index contributed by atoms with van der Waals surface area (Å²) in [4.78, 5) is 70.5. The van der Waals surface area contributed by atoms with E-state index >= 15 is 0 Å². The van der Waals surface area contributed by atoms with Crippen LogP contribution in [0.15, 0.2) is 49.1 Å². The molecule has 1 aromatic carbocycles. The number of anilines is 1. The van der Waals surface area contributed by atoms with Crippen molar-refractivity contribution in [2.45, 2.75) is 94.8 Å². The molecule has 392 valence electrons. The summed E-state index contributed by atoms with van der Waals surface area (Å²) < 4.78 is 74.1. The van der Waals surface area contributed by atoms with Gasteiger partial charge in [-0.3, -0.25) is 24.2 Å². The highest BCUT2D eigenvalue weighted by Gasteiger charge is 2.44. The first kappa shape index (κ1) is 55.2. The van der Waals surface area contributed by atoms with Gasteiger partial charge in [0.1, 0.15) is 18.2 Å². The third kappa shape index (κ3) is 16.2. The molecule has 0 spiro atoms. The molecule has 71 heavy (non-hydrogen) atoms. The van der Waals surface area contributed by atoms with E-state index in [2.05, 4.69) is 56.7 Å². The van der Waals surface area contributed by atoms with Crippen LogP contribution in [0, 0.1) is 5.92 Å². The molecule has 2 aliphatic heterocycles. The largest absolute Gasteiger partial charge is 0.416 e. The average molecular weight is 1000 g/mol. The summed E-state index contributed by atoms with van der Waals surface area (Å²) in [6.45, 7) is 9.23. The lowest BCUT2D eigenvalue weighted by Crippen LogP contribution is -2.58. The fraction of sp³-hybridized carbons (Fsp3) is 0.653. The maximum Gasteiger partial charge on any atom is 0.416 e. The molecular formula is C49H70F3N9O10. The van der Waals surface area contributed by atoms with Crippen LogP contribution >= 0.6 is 0 Å². The molecular weight excluding hydrogens is 932 g/mol. The minimum atomic E-state index is -4.54. The molecule has 1 aliphatic carbocycles. The number of alkyl halides is 3. The summed E-state index contributed by atoms with van der Waals surface area (Å²) in [6, 6.07) is 5.82. The van der Waals surface area contributed by atoms with E-state index in [0.29, 0.717) is 117 Å². The second-order valence-electron chi connectivity index (χ2n) is 18.2.